The van der Waals surface area contributed by atoms with Crippen LogP contribution in [0.25, 0.3) is 121 Å². The van der Waals surface area contributed by atoms with Gasteiger partial charge in [-0.25, -0.2) is 0 Å². The van der Waals surface area contributed by atoms with Crippen LogP contribution >= 0.6 is 0 Å². The van der Waals surface area contributed by atoms with E-state index in [1.54, 1.807) is 0 Å². The van der Waals surface area contributed by atoms with Crippen LogP contribution in [0.15, 0.2) is 231 Å². The molecule has 0 unspecified atom stereocenters. The van der Waals surface area contributed by atoms with Crippen molar-refractivity contribution < 1.29 is 61.3 Å². The zero-order chi connectivity index (χ0) is 89.1. The Labute approximate surface area is 746 Å². The van der Waals surface area contributed by atoms with Crippen molar-refractivity contribution in [2.75, 3.05) is 0 Å². The van der Waals surface area contributed by atoms with Crippen molar-refractivity contribution in [3.8, 4) is 112 Å². The average Bonchev–Trinajstić information content (AvgIpc) is 0.772. The Bertz CT molecular complexity index is 6770. The lowest BCUT2D eigenvalue weighted by Crippen LogP contribution is -2.15. The van der Waals surface area contributed by atoms with Gasteiger partial charge in [-0.3, -0.25) is 0 Å². The minimum Gasteiger partial charge on any atom is -0.507 e. The van der Waals surface area contributed by atoms with E-state index in [0.29, 0.717) is 57.3 Å². The number of aryl methyl sites for hydroxylation is 4. The number of benzene rings is 16. The number of rotatable bonds is 24. The molecule has 0 heterocycles. The molecule has 4 aliphatic carbocycles. The molecule has 128 heavy (non-hydrogen) atoms. The molecule has 642 valence electrons. The van der Waals surface area contributed by atoms with Crippen LogP contribution < -0.4 is 0 Å². The van der Waals surface area contributed by atoms with Crippen molar-refractivity contribution in [1.82, 2.24) is 0 Å². The zero-order valence-electron chi connectivity index (χ0n) is 73.6. The summed E-state index contributed by atoms with van der Waals surface area (Å²) in [6.07, 6.45) is 5.82. The molecular formula is C116H106O12. The summed E-state index contributed by atoms with van der Waals surface area (Å²) in [4.78, 5) is 0. The van der Waals surface area contributed by atoms with Gasteiger partial charge in [-0.05, 0) is 347 Å². The maximum atomic E-state index is 10.8. The van der Waals surface area contributed by atoms with E-state index in [1.165, 1.54) is 111 Å². The summed E-state index contributed by atoms with van der Waals surface area (Å²) < 4.78 is 0. The van der Waals surface area contributed by atoms with Gasteiger partial charge in [0.1, 0.15) is 23.0 Å². The molecule has 0 saturated carbocycles. The van der Waals surface area contributed by atoms with Crippen LogP contribution in [0.3, 0.4) is 0 Å². The molecule has 16 aromatic rings. The molecule has 0 radical (unpaired) electrons. The molecule has 0 aromatic heterocycles. The lowest BCUT2D eigenvalue weighted by atomic mass is 9.78. The molecular weight excluding hydrogens is 1590 g/mol. The summed E-state index contributed by atoms with van der Waals surface area (Å²) >= 11 is 0. The van der Waals surface area contributed by atoms with Gasteiger partial charge in [-0.2, -0.15) is 0 Å². The fraction of sp³-hybridized carbons (Fsp3) is 0.241. The zero-order valence-corrected chi connectivity index (χ0v) is 73.6. The molecule has 0 spiro atoms. The van der Waals surface area contributed by atoms with Crippen molar-refractivity contribution in [3.63, 3.8) is 0 Å². The number of aromatic hydroxyl groups is 4. The van der Waals surface area contributed by atoms with E-state index in [4.69, 9.17) is 0 Å². The van der Waals surface area contributed by atoms with Crippen molar-refractivity contribution in [3.05, 3.63) is 364 Å². The topological polar surface area (TPSA) is 243 Å². The molecule has 12 N–H and O–H groups in total. The maximum absolute atomic E-state index is 10.8. The highest BCUT2D eigenvalue weighted by Crippen LogP contribution is 2.58. The van der Waals surface area contributed by atoms with Crippen molar-refractivity contribution >= 4 is 32.3 Å². The van der Waals surface area contributed by atoms with Gasteiger partial charge in [0.05, 0.1) is 52.9 Å². The van der Waals surface area contributed by atoms with Crippen LogP contribution in [-0.4, -0.2) is 61.3 Å². The Morgan fingerprint density at radius 1 is 0.188 bits per heavy atom. The molecule has 0 aliphatic heterocycles. The second kappa shape index (κ2) is 31.7. The summed E-state index contributed by atoms with van der Waals surface area (Å²) in [5.74, 6) is -0.268. The Kier molecular flexibility index (Phi) is 20.7. The van der Waals surface area contributed by atoms with Crippen LogP contribution in [0.2, 0.25) is 0 Å². The first kappa shape index (κ1) is 83.6. The van der Waals surface area contributed by atoms with Gasteiger partial charge < -0.3 is 61.3 Å². The van der Waals surface area contributed by atoms with Crippen LogP contribution in [0.5, 0.6) is 23.0 Å². The predicted molar refractivity (Wildman–Crippen MR) is 512 cm³/mol. The van der Waals surface area contributed by atoms with Gasteiger partial charge in [-0.1, -0.05) is 201 Å². The first-order chi connectivity index (χ1) is 61.7. The van der Waals surface area contributed by atoms with E-state index in [9.17, 15) is 61.3 Å². The Balaban J connectivity index is 0.747. The van der Waals surface area contributed by atoms with E-state index in [1.807, 2.05) is 48.5 Å². The lowest BCUT2D eigenvalue weighted by Gasteiger charge is -2.25. The molecule has 16 aromatic carbocycles. The molecule has 0 amide bonds. The first-order valence-corrected chi connectivity index (χ1v) is 44.8. The van der Waals surface area contributed by atoms with Crippen LogP contribution in [-0.2, 0) is 113 Å². The molecule has 0 bridgehead atoms. The number of fused-ring (bicyclic) bond motifs is 12. The summed E-state index contributed by atoms with van der Waals surface area (Å²) in [6.45, 7) is 16.1. The lowest BCUT2D eigenvalue weighted by molar-refractivity contribution is 0.263. The normalized spacial score (nSPS) is 14.3. The number of hydrogen-bond donors (Lipinski definition) is 12. The summed E-state index contributed by atoms with van der Waals surface area (Å²) in [5, 5.41) is 131. The van der Waals surface area contributed by atoms with Crippen molar-refractivity contribution in [2.24, 2.45) is 0 Å². The van der Waals surface area contributed by atoms with E-state index in [2.05, 4.69) is 237 Å². The standard InChI is InChI=1S/C116H106O12/c1-113(2)99-45-63(11-9-13-65-37-75(55-117)109(125)76(38-65)56-118)15-23-83(99)87-27-19-71(49-103(87)113)95-53-96(72-20-28-88-84-24-16-64(46-100(84)114(3,4)104(88)50-72)12-10-14-66-39-77(57-119)110(126)78(40-66)58-120)92-32-34-94-98(74-22-30-90-86-26-18-68(48-102(86)116(7,8)106(90)52-74)36-70-43-81(61-123)112(128)82(44-70)62-124)54-97(93-33-31-91(95)107(92)108(93)94)73-21-29-89-85-25-17-67(47-101(85)115(5,6)105(89)51-73)35-69-41-79(59-121)111(127)80(42-69)60-122/h15-34,37-54,117-128H,9-14,35-36,55-62H2,1-8H3. The van der Waals surface area contributed by atoms with Crippen LogP contribution in [0.4, 0.5) is 0 Å². The maximum Gasteiger partial charge on any atom is 0.126 e. The first-order valence-electron chi connectivity index (χ1n) is 44.8. The Hall–Kier alpha value is -12.6. The van der Waals surface area contributed by atoms with Gasteiger partial charge in [-0.15, -0.1) is 0 Å². The van der Waals surface area contributed by atoms with E-state index < -0.39 is 10.8 Å². The van der Waals surface area contributed by atoms with Gasteiger partial charge in [0.15, 0.2) is 0 Å². The number of aliphatic hydroxyl groups is 8. The quantitative estimate of drug-likeness (QED) is 0.0253. The molecule has 0 saturated heterocycles. The highest BCUT2D eigenvalue weighted by molar-refractivity contribution is 6.32. The largest absolute Gasteiger partial charge is 0.507 e. The monoisotopic (exact) mass is 1690 g/mol. The Morgan fingerprint density at radius 3 is 0.617 bits per heavy atom. The Morgan fingerprint density at radius 2 is 0.383 bits per heavy atom. The van der Waals surface area contributed by atoms with Crippen LogP contribution in [0.1, 0.15) is 202 Å². The third-order valence-electron chi connectivity index (χ3n) is 29.5. The molecule has 4 aliphatic rings. The van der Waals surface area contributed by atoms with Gasteiger partial charge in [0.2, 0.25) is 0 Å². The summed E-state index contributed by atoms with van der Waals surface area (Å²) in [5.41, 5.74) is 38.3. The molecule has 12 heteroatoms. The van der Waals surface area contributed by atoms with Crippen molar-refractivity contribution in [2.45, 2.75) is 181 Å². The fourth-order valence-electron chi connectivity index (χ4n) is 22.5. The number of aliphatic hydroxyl groups excluding tert-OH is 8. The van der Waals surface area contributed by atoms with E-state index >= 15 is 0 Å². The van der Waals surface area contributed by atoms with Crippen molar-refractivity contribution in [1.29, 1.82) is 0 Å². The van der Waals surface area contributed by atoms with Gasteiger partial charge in [0, 0.05) is 66.2 Å². The van der Waals surface area contributed by atoms with E-state index in [0.717, 1.165) is 138 Å². The molecule has 12 nitrogen and oxygen atoms in total. The number of phenols is 4. The second-order valence-corrected chi connectivity index (χ2v) is 38.5. The highest BCUT2D eigenvalue weighted by Gasteiger charge is 2.42. The summed E-state index contributed by atoms with van der Waals surface area (Å²) in [6, 6.07) is 85.0. The fourth-order valence-corrected chi connectivity index (χ4v) is 22.5. The third kappa shape index (κ3) is 13.5. The smallest absolute Gasteiger partial charge is 0.126 e. The minimum atomic E-state index is -0.436. The summed E-state index contributed by atoms with van der Waals surface area (Å²) in [7, 11) is 0. The number of hydrogen-bond acceptors (Lipinski definition) is 12. The molecule has 20 rings (SSSR count). The average molecular weight is 1690 g/mol. The molecule has 0 fully saturated rings. The van der Waals surface area contributed by atoms with Gasteiger partial charge >= 0.3 is 0 Å². The highest BCUT2D eigenvalue weighted by atomic mass is 16.3. The minimum absolute atomic E-state index is 0.0543. The van der Waals surface area contributed by atoms with Gasteiger partial charge in [0.25, 0.3) is 0 Å². The van der Waals surface area contributed by atoms with Crippen LogP contribution in [0, 0.1) is 0 Å². The third-order valence-corrected chi connectivity index (χ3v) is 29.5. The molecule has 0 atom stereocenters. The predicted octanol–water partition coefficient (Wildman–Crippen LogP) is 22.8. The van der Waals surface area contributed by atoms with E-state index in [-0.39, 0.29) is 86.7 Å². The SMILES string of the molecule is CC1(C)c2cc(CCCc3cc(CO)c(O)c(CO)c3)ccc2-c2ccc(-c3cc(-c4ccc5c(c4)C(C)(C)c4cc(CCCc6cc(CO)c(O)c(CO)c6)ccc4-5)c4ccc5c(-c6ccc7c(c6)C(C)(C)c6cc(Cc8cc(CO)c(O)c(CO)c8)ccc6-7)cc(-c6ccc7c(c6)C(C)(C)c6cc(Cc8cc(CO)c(O)c(CO)c8)ccc6-7)c6ccc3c4c65)cc21. The second-order valence-electron chi connectivity index (χ2n) is 38.5.